The van der Waals surface area contributed by atoms with E-state index in [1.807, 2.05) is 103 Å². The third kappa shape index (κ3) is 8.50. The van der Waals surface area contributed by atoms with Crippen LogP contribution in [-0.2, 0) is 43.2 Å². The van der Waals surface area contributed by atoms with E-state index in [1.165, 1.54) is 0 Å². The van der Waals surface area contributed by atoms with Crippen molar-refractivity contribution < 1.29 is 28.5 Å². The van der Waals surface area contributed by atoms with Crippen LogP contribution in [0.3, 0.4) is 0 Å². The maximum absolute atomic E-state index is 14.1. The first-order valence-electron chi connectivity index (χ1n) is 17.4. The zero-order chi connectivity index (χ0) is 34.8. The lowest BCUT2D eigenvalue weighted by atomic mass is 9.98. The summed E-state index contributed by atoms with van der Waals surface area (Å²) in [5.41, 5.74) is 2.96. The average molecular weight is 688 g/mol. The summed E-state index contributed by atoms with van der Waals surface area (Å²) in [7, 11) is -2.95. The first kappa shape index (κ1) is 35.9. The molecular weight excluding hydrogens is 641 g/mol. The van der Waals surface area contributed by atoms with Gasteiger partial charge >= 0.3 is 0 Å². The fourth-order valence-electron chi connectivity index (χ4n) is 6.85. The van der Waals surface area contributed by atoms with Gasteiger partial charge in [0.1, 0.15) is 18.3 Å². The molecular formula is C43H47O6Si-. The predicted molar refractivity (Wildman–Crippen MR) is 197 cm³/mol. The summed E-state index contributed by atoms with van der Waals surface area (Å²) in [5.74, 6) is 0. The normalized spacial score (nSPS) is 21.2. The first-order chi connectivity index (χ1) is 24.3. The van der Waals surface area contributed by atoms with Crippen LogP contribution in [0.1, 0.15) is 37.5 Å². The van der Waals surface area contributed by atoms with E-state index >= 15 is 0 Å². The van der Waals surface area contributed by atoms with Gasteiger partial charge in [-0.1, -0.05) is 172 Å². The van der Waals surface area contributed by atoms with Crippen molar-refractivity contribution in [1.29, 1.82) is 0 Å². The molecule has 6 nitrogen and oxygen atoms in total. The summed E-state index contributed by atoms with van der Waals surface area (Å²) in [6, 6.07) is 50.7. The second kappa shape index (κ2) is 16.9. The molecule has 0 bridgehead atoms. The molecule has 0 amide bonds. The van der Waals surface area contributed by atoms with E-state index in [0.29, 0.717) is 6.61 Å². The minimum atomic E-state index is -2.95. The van der Waals surface area contributed by atoms with Gasteiger partial charge in [0.15, 0.2) is 0 Å². The summed E-state index contributed by atoms with van der Waals surface area (Å²) < 4.78 is 33.5. The van der Waals surface area contributed by atoms with E-state index in [-0.39, 0.29) is 24.9 Å². The van der Waals surface area contributed by atoms with Gasteiger partial charge in [-0.3, -0.25) is 0 Å². The molecule has 0 N–H and O–H groups in total. The Kier molecular flexibility index (Phi) is 12.1. The second-order valence-electron chi connectivity index (χ2n) is 13.8. The number of hydrogen-bond donors (Lipinski definition) is 0. The zero-order valence-electron chi connectivity index (χ0n) is 29.1. The number of hydrogen-bond acceptors (Lipinski definition) is 6. The van der Waals surface area contributed by atoms with Crippen molar-refractivity contribution in [2.45, 2.75) is 76.3 Å². The molecule has 0 unspecified atom stereocenters. The lowest BCUT2D eigenvalue weighted by Crippen LogP contribution is -2.69. The van der Waals surface area contributed by atoms with Gasteiger partial charge in [0.2, 0.25) is 0 Å². The number of benzene rings is 5. The van der Waals surface area contributed by atoms with Gasteiger partial charge in [-0.2, -0.15) is 0 Å². The Balaban J connectivity index is 1.36. The molecule has 0 aromatic heterocycles. The Morgan fingerprint density at radius 3 is 1.28 bits per heavy atom. The van der Waals surface area contributed by atoms with Gasteiger partial charge in [-0.25, -0.2) is 0 Å². The van der Waals surface area contributed by atoms with E-state index in [2.05, 4.69) is 69.3 Å². The highest BCUT2D eigenvalue weighted by atomic mass is 28.4. The van der Waals surface area contributed by atoms with E-state index in [4.69, 9.17) is 23.4 Å². The smallest absolute Gasteiger partial charge is 0.261 e. The van der Waals surface area contributed by atoms with Gasteiger partial charge in [-0.05, 0) is 32.1 Å². The molecule has 50 heavy (non-hydrogen) atoms. The van der Waals surface area contributed by atoms with Crippen molar-refractivity contribution in [3.05, 3.63) is 168 Å². The minimum absolute atomic E-state index is 0.141. The molecule has 1 aliphatic rings. The summed E-state index contributed by atoms with van der Waals surface area (Å²) in [6.07, 6.45) is -4.57. The van der Waals surface area contributed by atoms with Crippen LogP contribution in [0.2, 0.25) is 5.04 Å². The molecule has 0 saturated carbocycles. The van der Waals surface area contributed by atoms with Crippen molar-refractivity contribution in [3.8, 4) is 0 Å². The van der Waals surface area contributed by atoms with Crippen LogP contribution in [0, 0.1) is 0 Å². The molecule has 5 aromatic rings. The fraction of sp³-hybridized carbons (Fsp3) is 0.302. The topological polar surface area (TPSA) is 69.2 Å². The average Bonchev–Trinajstić information content (AvgIpc) is 3.15. The zero-order valence-corrected chi connectivity index (χ0v) is 30.1. The maximum atomic E-state index is 14.1. The van der Waals surface area contributed by atoms with Crippen LogP contribution >= 0.6 is 0 Å². The molecule has 5 atom stereocenters. The highest BCUT2D eigenvalue weighted by Crippen LogP contribution is 2.38. The third-order valence-corrected chi connectivity index (χ3v) is 14.3. The predicted octanol–water partition coefficient (Wildman–Crippen LogP) is 6.40. The fourth-order valence-corrected chi connectivity index (χ4v) is 11.4. The Morgan fingerprint density at radius 2 is 0.880 bits per heavy atom. The highest BCUT2D eigenvalue weighted by molar-refractivity contribution is 6.99. The third-order valence-electron chi connectivity index (χ3n) is 9.33. The summed E-state index contributed by atoms with van der Waals surface area (Å²) in [5, 5.41) is 16.1. The molecule has 1 fully saturated rings. The number of rotatable bonds is 14. The van der Waals surface area contributed by atoms with Crippen LogP contribution in [0.5, 0.6) is 0 Å². The molecule has 1 saturated heterocycles. The monoisotopic (exact) mass is 687 g/mol. The maximum Gasteiger partial charge on any atom is 0.261 e. The Hall–Kier alpha value is -3.92. The first-order valence-corrected chi connectivity index (χ1v) is 19.3. The molecule has 260 valence electrons. The molecule has 0 radical (unpaired) electrons. The Labute approximate surface area is 297 Å². The quantitative estimate of drug-likeness (QED) is 0.126. The molecule has 1 heterocycles. The van der Waals surface area contributed by atoms with Gasteiger partial charge in [0.05, 0.1) is 32.5 Å². The van der Waals surface area contributed by atoms with E-state index in [1.54, 1.807) is 0 Å². The second-order valence-corrected chi connectivity index (χ2v) is 18.1. The van der Waals surface area contributed by atoms with Crippen LogP contribution in [0.25, 0.3) is 0 Å². The van der Waals surface area contributed by atoms with Gasteiger partial charge in [-0.15, -0.1) is 0 Å². The summed E-state index contributed by atoms with van der Waals surface area (Å²) in [4.78, 5) is 0. The standard InChI is InChI=1S/C43H47O6Si/c1-43(2,3)50(36-25-15-7-16-26-36,37-27-17-8-18-28-37)48-32-38-39(45-29-33-19-9-4-10-20-33)40(46-30-34-21-11-5-12-22-34)41(42(44)49-38)47-31-35-23-13-6-14-24-35/h4-28,38-42H,29-32H2,1-3H3/q-1/t38-,39-,40+,41+,42+/m1/s1. The largest absolute Gasteiger partial charge is 0.829 e. The minimum Gasteiger partial charge on any atom is -0.829 e. The van der Waals surface area contributed by atoms with E-state index in [0.717, 1.165) is 27.1 Å². The summed E-state index contributed by atoms with van der Waals surface area (Å²) in [6.45, 7) is 7.69. The molecule has 0 aliphatic carbocycles. The van der Waals surface area contributed by atoms with Crippen LogP contribution in [0.4, 0.5) is 0 Å². The number of ether oxygens (including phenoxy) is 4. The lowest BCUT2D eigenvalue weighted by molar-refractivity contribution is -0.537. The van der Waals surface area contributed by atoms with E-state index in [9.17, 15) is 5.11 Å². The van der Waals surface area contributed by atoms with Crippen molar-refractivity contribution in [2.24, 2.45) is 0 Å². The van der Waals surface area contributed by atoms with Crippen LogP contribution in [-0.4, -0.2) is 45.6 Å². The van der Waals surface area contributed by atoms with Crippen LogP contribution in [0.15, 0.2) is 152 Å². The van der Waals surface area contributed by atoms with Gasteiger partial charge < -0.3 is 28.5 Å². The Morgan fingerprint density at radius 1 is 0.520 bits per heavy atom. The van der Waals surface area contributed by atoms with Crippen LogP contribution < -0.4 is 15.5 Å². The molecule has 0 spiro atoms. The summed E-state index contributed by atoms with van der Waals surface area (Å²) >= 11 is 0. The lowest BCUT2D eigenvalue weighted by Gasteiger charge is -2.50. The van der Waals surface area contributed by atoms with Crippen molar-refractivity contribution in [2.75, 3.05) is 6.61 Å². The highest BCUT2D eigenvalue weighted by Gasteiger charge is 2.52. The van der Waals surface area contributed by atoms with Gasteiger partial charge in [0.25, 0.3) is 8.32 Å². The Bertz CT molecular complexity index is 1660. The van der Waals surface area contributed by atoms with Crippen molar-refractivity contribution >= 4 is 18.7 Å². The molecule has 5 aromatic carbocycles. The van der Waals surface area contributed by atoms with Crippen molar-refractivity contribution in [3.63, 3.8) is 0 Å². The molecule has 7 heteroatoms. The SMILES string of the molecule is CC(C)(C)[Si](OC[C@H]1O[C@H]([O-])[C@@H](OCc2ccccc2)[C@@H](OCc2ccccc2)[C@@H]1OCc1ccccc1)(c1ccccc1)c1ccccc1. The molecule has 6 rings (SSSR count). The molecule has 1 aliphatic heterocycles. The van der Waals surface area contributed by atoms with Gasteiger partial charge in [0, 0.05) is 6.29 Å². The van der Waals surface area contributed by atoms with E-state index < -0.39 is 39.0 Å². The van der Waals surface area contributed by atoms with Crippen molar-refractivity contribution in [1.82, 2.24) is 0 Å².